The van der Waals surface area contributed by atoms with Gasteiger partial charge in [0.1, 0.15) is 11.4 Å². The number of likely N-dealkylation sites (tertiary alicyclic amines) is 1. The Hall–Kier alpha value is -2.44. The molecule has 2 rings (SSSR count). The Balaban J connectivity index is 1.79. The maximum Gasteiger partial charge on any atom is 0.410 e. The number of anilines is 1. The Morgan fingerprint density at radius 1 is 1.35 bits per heavy atom. The summed E-state index contributed by atoms with van der Waals surface area (Å²) in [5.74, 6) is -0.373. The number of aromatic carboxylic acids is 1. The average Bonchev–Trinajstić information content (AvgIpc) is 2.36. The van der Waals surface area contributed by atoms with Crippen molar-refractivity contribution in [3.05, 3.63) is 23.8 Å². The van der Waals surface area contributed by atoms with Crippen LogP contribution >= 0.6 is 0 Å². The number of carbonyl (C=O) groups is 2. The molecule has 0 atom stereocenters. The second-order valence-corrected chi connectivity index (χ2v) is 6.62. The Morgan fingerprint density at radius 2 is 2.00 bits per heavy atom. The molecule has 0 aromatic heterocycles. The highest BCUT2D eigenvalue weighted by molar-refractivity contribution is 5.89. The second-order valence-electron chi connectivity index (χ2n) is 6.62. The summed E-state index contributed by atoms with van der Waals surface area (Å²) in [5, 5.41) is 8.88. The van der Waals surface area contributed by atoms with E-state index in [0.717, 1.165) is 0 Å². The van der Waals surface area contributed by atoms with Crippen LogP contribution in [0.2, 0.25) is 0 Å². The first-order valence-electron chi connectivity index (χ1n) is 7.39. The number of hydrogen-bond acceptors (Lipinski definition) is 5. The first-order chi connectivity index (χ1) is 10.7. The van der Waals surface area contributed by atoms with Crippen LogP contribution in [0.4, 0.5) is 10.5 Å². The molecular formula is C16H22N2O5. The predicted octanol–water partition coefficient (Wildman–Crippen LogP) is 2.21. The third-order valence-electron chi connectivity index (χ3n) is 3.34. The molecule has 0 saturated carbocycles. The van der Waals surface area contributed by atoms with Crippen molar-refractivity contribution >= 4 is 17.7 Å². The van der Waals surface area contributed by atoms with Gasteiger partial charge < -0.3 is 25.2 Å². The molecule has 1 aromatic rings. The molecule has 1 saturated heterocycles. The van der Waals surface area contributed by atoms with Crippen LogP contribution < -0.4 is 10.5 Å². The van der Waals surface area contributed by atoms with Gasteiger partial charge in [-0.15, -0.1) is 0 Å². The number of hydrogen-bond donors (Lipinski definition) is 2. The Kier molecular flexibility index (Phi) is 4.68. The van der Waals surface area contributed by atoms with Crippen molar-refractivity contribution in [1.29, 1.82) is 0 Å². The molecule has 1 amide bonds. The van der Waals surface area contributed by atoms with E-state index in [4.69, 9.17) is 20.3 Å². The first-order valence-corrected chi connectivity index (χ1v) is 7.39. The number of ether oxygens (including phenoxy) is 2. The van der Waals surface area contributed by atoms with Crippen LogP contribution in [0.5, 0.6) is 5.75 Å². The van der Waals surface area contributed by atoms with Gasteiger partial charge in [0.2, 0.25) is 0 Å². The number of nitrogens with zero attached hydrogens (tertiary/aromatic N) is 1. The zero-order chi connectivity index (χ0) is 17.2. The summed E-state index contributed by atoms with van der Waals surface area (Å²) < 4.78 is 10.9. The number of nitrogens with two attached hydrogens (primary N) is 1. The lowest BCUT2D eigenvalue weighted by Gasteiger charge is -2.39. The molecule has 1 aliphatic heterocycles. The van der Waals surface area contributed by atoms with Gasteiger partial charge in [-0.25, -0.2) is 9.59 Å². The quantitative estimate of drug-likeness (QED) is 0.824. The number of carboxylic acid groups (broad SMARTS) is 1. The van der Waals surface area contributed by atoms with E-state index in [-0.39, 0.29) is 23.3 Å². The molecule has 0 spiro atoms. The van der Waals surface area contributed by atoms with E-state index in [1.54, 1.807) is 11.0 Å². The van der Waals surface area contributed by atoms with Gasteiger partial charge in [0.25, 0.3) is 0 Å². The highest BCUT2D eigenvalue weighted by atomic mass is 16.6. The third kappa shape index (κ3) is 4.51. The predicted molar refractivity (Wildman–Crippen MR) is 84.6 cm³/mol. The minimum absolute atomic E-state index is 0.120. The number of carboxylic acids is 1. The van der Waals surface area contributed by atoms with E-state index in [0.29, 0.717) is 25.4 Å². The zero-order valence-electron chi connectivity index (χ0n) is 13.5. The molecule has 7 nitrogen and oxygen atoms in total. The number of benzene rings is 1. The lowest BCUT2D eigenvalue weighted by Crippen LogP contribution is -2.53. The molecule has 0 aliphatic carbocycles. The molecule has 0 unspecified atom stereocenters. The highest BCUT2D eigenvalue weighted by Crippen LogP contribution is 2.25. The van der Waals surface area contributed by atoms with E-state index in [9.17, 15) is 9.59 Å². The molecule has 1 aromatic carbocycles. The molecule has 126 valence electrons. The van der Waals surface area contributed by atoms with Gasteiger partial charge in [-0.1, -0.05) is 0 Å². The second kappa shape index (κ2) is 6.36. The van der Waals surface area contributed by atoms with Gasteiger partial charge in [0.15, 0.2) is 0 Å². The average molecular weight is 322 g/mol. The van der Waals surface area contributed by atoms with Crippen molar-refractivity contribution in [3.8, 4) is 5.75 Å². The highest BCUT2D eigenvalue weighted by Gasteiger charge is 2.34. The zero-order valence-corrected chi connectivity index (χ0v) is 13.5. The molecule has 1 aliphatic rings. The van der Waals surface area contributed by atoms with Crippen LogP contribution in [0, 0.1) is 5.92 Å². The third-order valence-corrected chi connectivity index (χ3v) is 3.34. The maximum absolute atomic E-state index is 11.8. The van der Waals surface area contributed by atoms with Crippen molar-refractivity contribution in [2.24, 2.45) is 5.92 Å². The summed E-state index contributed by atoms with van der Waals surface area (Å²) in [5.41, 5.74) is 5.68. The molecule has 1 heterocycles. The van der Waals surface area contributed by atoms with Gasteiger partial charge in [-0.05, 0) is 39.0 Å². The maximum atomic E-state index is 11.8. The van der Waals surface area contributed by atoms with Crippen LogP contribution in [-0.4, -0.2) is 47.4 Å². The molecular weight excluding hydrogens is 300 g/mol. The fourth-order valence-electron chi connectivity index (χ4n) is 2.17. The van der Waals surface area contributed by atoms with Crippen molar-refractivity contribution < 1.29 is 24.2 Å². The molecule has 0 radical (unpaired) electrons. The Bertz CT molecular complexity index is 603. The SMILES string of the molecule is CC(C)(C)OC(=O)N1CC(COc2ccc(C(=O)O)cc2N)C1. The van der Waals surface area contributed by atoms with E-state index in [1.165, 1.54) is 12.1 Å². The van der Waals surface area contributed by atoms with Crippen LogP contribution in [0.25, 0.3) is 0 Å². The number of rotatable bonds is 4. The van der Waals surface area contributed by atoms with E-state index in [2.05, 4.69) is 0 Å². The minimum Gasteiger partial charge on any atom is -0.491 e. The fraction of sp³-hybridized carbons (Fsp3) is 0.500. The van der Waals surface area contributed by atoms with Gasteiger partial charge in [0, 0.05) is 19.0 Å². The van der Waals surface area contributed by atoms with Gasteiger partial charge in [0.05, 0.1) is 17.9 Å². The normalized spacial score (nSPS) is 15.0. The van der Waals surface area contributed by atoms with Crippen LogP contribution in [0.15, 0.2) is 18.2 Å². The van der Waals surface area contributed by atoms with Crippen LogP contribution in [-0.2, 0) is 4.74 Å². The Morgan fingerprint density at radius 3 is 2.52 bits per heavy atom. The fourth-order valence-corrected chi connectivity index (χ4v) is 2.17. The number of amides is 1. The largest absolute Gasteiger partial charge is 0.491 e. The van der Waals surface area contributed by atoms with Crippen LogP contribution in [0.3, 0.4) is 0 Å². The monoisotopic (exact) mass is 322 g/mol. The van der Waals surface area contributed by atoms with Crippen molar-refractivity contribution in [1.82, 2.24) is 4.90 Å². The smallest absolute Gasteiger partial charge is 0.410 e. The summed E-state index contributed by atoms with van der Waals surface area (Å²) in [6, 6.07) is 4.36. The summed E-state index contributed by atoms with van der Waals surface area (Å²) in [6.07, 6.45) is -0.320. The summed E-state index contributed by atoms with van der Waals surface area (Å²) in [6.45, 7) is 7.04. The van der Waals surface area contributed by atoms with E-state index >= 15 is 0 Å². The Labute approximate surface area is 135 Å². The lowest BCUT2D eigenvalue weighted by molar-refractivity contribution is -0.00778. The van der Waals surface area contributed by atoms with Gasteiger partial charge >= 0.3 is 12.1 Å². The summed E-state index contributed by atoms with van der Waals surface area (Å²) in [7, 11) is 0. The number of nitrogen functional groups attached to an aromatic ring is 1. The molecule has 1 fully saturated rings. The standard InChI is InChI=1S/C16H22N2O5/c1-16(2,3)23-15(21)18-7-10(8-18)9-22-13-5-4-11(14(19)20)6-12(13)17/h4-6,10H,7-9,17H2,1-3H3,(H,19,20). The van der Waals surface area contributed by atoms with Gasteiger partial charge in [-0.2, -0.15) is 0 Å². The molecule has 23 heavy (non-hydrogen) atoms. The van der Waals surface area contributed by atoms with E-state index < -0.39 is 11.6 Å². The lowest BCUT2D eigenvalue weighted by atomic mass is 10.0. The number of carbonyl (C=O) groups excluding carboxylic acids is 1. The molecule has 0 bridgehead atoms. The van der Waals surface area contributed by atoms with Crippen molar-refractivity contribution in [2.45, 2.75) is 26.4 Å². The molecule has 3 N–H and O–H groups in total. The van der Waals surface area contributed by atoms with Crippen LogP contribution in [0.1, 0.15) is 31.1 Å². The van der Waals surface area contributed by atoms with Crippen molar-refractivity contribution in [2.75, 3.05) is 25.4 Å². The molecule has 7 heteroatoms. The van der Waals surface area contributed by atoms with Crippen molar-refractivity contribution in [3.63, 3.8) is 0 Å². The van der Waals surface area contributed by atoms with E-state index in [1.807, 2.05) is 20.8 Å². The first kappa shape index (κ1) is 16.9. The van der Waals surface area contributed by atoms with Gasteiger partial charge in [-0.3, -0.25) is 0 Å². The summed E-state index contributed by atoms with van der Waals surface area (Å²) >= 11 is 0. The minimum atomic E-state index is -1.03. The summed E-state index contributed by atoms with van der Waals surface area (Å²) in [4.78, 5) is 24.3. The topological polar surface area (TPSA) is 102 Å².